The van der Waals surface area contributed by atoms with Crippen molar-refractivity contribution in [2.45, 2.75) is 51.9 Å². The van der Waals surface area contributed by atoms with Crippen LogP contribution in [-0.4, -0.2) is 29.4 Å². The largest absolute Gasteiger partial charge is 0.487 e. The van der Waals surface area contributed by atoms with Gasteiger partial charge in [0.2, 0.25) is 0 Å². The molecule has 5 heteroatoms. The Bertz CT molecular complexity index is 523. The predicted octanol–water partition coefficient (Wildman–Crippen LogP) is 2.61. The van der Waals surface area contributed by atoms with E-state index in [0.29, 0.717) is 24.5 Å². The number of carbonyl (C=O) groups excluding carboxylic acids is 1. The molecule has 1 aromatic carbocycles. The standard InChI is InChI=1S/C16H22O5/c1-5-19-15(18)10(2)20-11-6-7-12-13(17)9-16(3,4)21-14(12)8-11/h6-8,10,13,17H,5,9H2,1-4H3. The van der Waals surface area contributed by atoms with Crippen molar-refractivity contribution in [2.24, 2.45) is 0 Å². The highest BCUT2D eigenvalue weighted by atomic mass is 16.6. The first-order valence-corrected chi connectivity index (χ1v) is 7.16. The first-order valence-electron chi connectivity index (χ1n) is 7.16. The van der Waals surface area contributed by atoms with Crippen molar-refractivity contribution in [3.05, 3.63) is 23.8 Å². The summed E-state index contributed by atoms with van der Waals surface area (Å²) in [4.78, 5) is 11.6. The van der Waals surface area contributed by atoms with Gasteiger partial charge in [0.05, 0.1) is 12.7 Å². The van der Waals surface area contributed by atoms with Crippen LogP contribution in [0, 0.1) is 0 Å². The highest BCUT2D eigenvalue weighted by Gasteiger charge is 2.33. The number of rotatable bonds is 4. The van der Waals surface area contributed by atoms with E-state index in [1.165, 1.54) is 0 Å². The molecule has 5 nitrogen and oxygen atoms in total. The second kappa shape index (κ2) is 5.93. The average Bonchev–Trinajstić information content (AvgIpc) is 2.37. The van der Waals surface area contributed by atoms with E-state index in [1.54, 1.807) is 32.0 Å². The molecule has 1 heterocycles. The third-order valence-electron chi connectivity index (χ3n) is 3.35. The number of benzene rings is 1. The monoisotopic (exact) mass is 294 g/mol. The molecule has 0 fully saturated rings. The van der Waals surface area contributed by atoms with Gasteiger partial charge in [-0.1, -0.05) is 0 Å². The van der Waals surface area contributed by atoms with Crippen LogP contribution in [0.2, 0.25) is 0 Å². The molecule has 0 radical (unpaired) electrons. The first kappa shape index (κ1) is 15.6. The zero-order chi connectivity index (χ0) is 15.6. The van der Waals surface area contributed by atoms with Gasteiger partial charge >= 0.3 is 5.97 Å². The second-order valence-corrected chi connectivity index (χ2v) is 5.79. The summed E-state index contributed by atoms with van der Waals surface area (Å²) < 4.78 is 16.3. The number of hydrogen-bond acceptors (Lipinski definition) is 5. The Morgan fingerprint density at radius 2 is 2.24 bits per heavy atom. The van der Waals surface area contributed by atoms with Crippen LogP contribution in [-0.2, 0) is 9.53 Å². The van der Waals surface area contributed by atoms with Crippen LogP contribution in [0.1, 0.15) is 45.8 Å². The van der Waals surface area contributed by atoms with Crippen LogP contribution >= 0.6 is 0 Å². The fourth-order valence-electron chi connectivity index (χ4n) is 2.38. The summed E-state index contributed by atoms with van der Waals surface area (Å²) in [6.07, 6.45) is -0.704. The minimum atomic E-state index is -0.690. The molecule has 116 valence electrons. The smallest absolute Gasteiger partial charge is 0.347 e. The molecule has 1 N–H and O–H groups in total. The van der Waals surface area contributed by atoms with Crippen molar-refractivity contribution in [1.29, 1.82) is 0 Å². The second-order valence-electron chi connectivity index (χ2n) is 5.79. The lowest BCUT2D eigenvalue weighted by Gasteiger charge is -2.35. The summed E-state index contributed by atoms with van der Waals surface area (Å²) in [6.45, 7) is 7.56. The van der Waals surface area contributed by atoms with Crippen molar-refractivity contribution < 1.29 is 24.1 Å². The van der Waals surface area contributed by atoms with E-state index in [9.17, 15) is 9.90 Å². The summed E-state index contributed by atoms with van der Waals surface area (Å²) in [5.74, 6) is 0.697. The van der Waals surface area contributed by atoms with Crippen molar-refractivity contribution in [2.75, 3.05) is 6.61 Å². The van der Waals surface area contributed by atoms with Gasteiger partial charge in [0, 0.05) is 18.1 Å². The number of fused-ring (bicyclic) bond motifs is 1. The summed E-state index contributed by atoms with van der Waals surface area (Å²) in [6, 6.07) is 5.19. The molecular formula is C16H22O5. The van der Waals surface area contributed by atoms with E-state index < -0.39 is 23.8 Å². The molecule has 1 aromatic rings. The van der Waals surface area contributed by atoms with Crippen LogP contribution in [0.5, 0.6) is 11.5 Å². The van der Waals surface area contributed by atoms with Gasteiger partial charge in [-0.25, -0.2) is 4.79 Å². The third-order valence-corrected chi connectivity index (χ3v) is 3.35. The van der Waals surface area contributed by atoms with E-state index in [0.717, 1.165) is 5.56 Å². The maximum Gasteiger partial charge on any atom is 0.347 e. The Hall–Kier alpha value is -1.75. The number of aliphatic hydroxyl groups excluding tert-OH is 1. The molecule has 0 aliphatic carbocycles. The number of aliphatic hydroxyl groups is 1. The molecule has 2 atom stereocenters. The van der Waals surface area contributed by atoms with Crippen molar-refractivity contribution in [1.82, 2.24) is 0 Å². The number of carbonyl (C=O) groups is 1. The maximum absolute atomic E-state index is 11.6. The minimum Gasteiger partial charge on any atom is -0.487 e. The Kier molecular flexibility index (Phi) is 4.42. The van der Waals surface area contributed by atoms with E-state index in [1.807, 2.05) is 13.8 Å². The van der Waals surface area contributed by atoms with Crippen LogP contribution in [0.3, 0.4) is 0 Å². The average molecular weight is 294 g/mol. The molecule has 21 heavy (non-hydrogen) atoms. The lowest BCUT2D eigenvalue weighted by atomic mass is 9.92. The van der Waals surface area contributed by atoms with Gasteiger partial charge in [0.1, 0.15) is 17.1 Å². The van der Waals surface area contributed by atoms with E-state index in [-0.39, 0.29) is 0 Å². The Balaban J connectivity index is 2.16. The molecule has 1 aliphatic heterocycles. The van der Waals surface area contributed by atoms with Crippen LogP contribution < -0.4 is 9.47 Å². The van der Waals surface area contributed by atoms with Gasteiger partial charge in [-0.05, 0) is 39.8 Å². The summed E-state index contributed by atoms with van der Waals surface area (Å²) >= 11 is 0. The third kappa shape index (κ3) is 3.67. The van der Waals surface area contributed by atoms with Crippen LogP contribution in [0.15, 0.2) is 18.2 Å². The number of hydrogen-bond donors (Lipinski definition) is 1. The van der Waals surface area contributed by atoms with Crippen LogP contribution in [0.25, 0.3) is 0 Å². The summed E-state index contributed by atoms with van der Waals surface area (Å²) in [5, 5.41) is 10.1. The van der Waals surface area contributed by atoms with Crippen molar-refractivity contribution in [3.63, 3.8) is 0 Å². The van der Waals surface area contributed by atoms with Gasteiger partial charge in [0.15, 0.2) is 6.10 Å². The zero-order valence-corrected chi connectivity index (χ0v) is 12.9. The highest BCUT2D eigenvalue weighted by Crippen LogP contribution is 2.41. The molecule has 0 saturated heterocycles. The lowest BCUT2D eigenvalue weighted by Crippen LogP contribution is -2.34. The molecule has 0 amide bonds. The molecule has 0 bridgehead atoms. The van der Waals surface area contributed by atoms with E-state index in [2.05, 4.69) is 0 Å². The zero-order valence-electron chi connectivity index (χ0n) is 12.9. The van der Waals surface area contributed by atoms with Gasteiger partial charge in [-0.3, -0.25) is 0 Å². The van der Waals surface area contributed by atoms with Crippen LogP contribution in [0.4, 0.5) is 0 Å². The van der Waals surface area contributed by atoms with Gasteiger partial charge < -0.3 is 19.3 Å². The molecule has 0 aromatic heterocycles. The molecule has 0 spiro atoms. The summed E-state index contributed by atoms with van der Waals surface area (Å²) in [5.41, 5.74) is 0.308. The SMILES string of the molecule is CCOC(=O)C(C)Oc1ccc2c(c1)OC(C)(C)CC2O. The Labute approximate surface area is 124 Å². The summed E-state index contributed by atoms with van der Waals surface area (Å²) in [7, 11) is 0. The van der Waals surface area contributed by atoms with E-state index in [4.69, 9.17) is 14.2 Å². The Morgan fingerprint density at radius 3 is 2.90 bits per heavy atom. The first-order chi connectivity index (χ1) is 9.82. The Morgan fingerprint density at radius 1 is 1.52 bits per heavy atom. The van der Waals surface area contributed by atoms with Gasteiger partial charge in [-0.15, -0.1) is 0 Å². The van der Waals surface area contributed by atoms with Crippen molar-refractivity contribution in [3.8, 4) is 11.5 Å². The lowest BCUT2D eigenvalue weighted by molar-refractivity contribution is -0.150. The van der Waals surface area contributed by atoms with Gasteiger partial charge in [0.25, 0.3) is 0 Å². The number of ether oxygens (including phenoxy) is 3. The molecule has 1 aliphatic rings. The van der Waals surface area contributed by atoms with Gasteiger partial charge in [-0.2, -0.15) is 0 Å². The van der Waals surface area contributed by atoms with Crippen molar-refractivity contribution >= 4 is 5.97 Å². The maximum atomic E-state index is 11.6. The normalized spacial score (nSPS) is 20.9. The fraction of sp³-hybridized carbons (Fsp3) is 0.562. The fourth-order valence-corrected chi connectivity index (χ4v) is 2.38. The molecule has 2 unspecified atom stereocenters. The predicted molar refractivity (Wildman–Crippen MR) is 77.4 cm³/mol. The van der Waals surface area contributed by atoms with E-state index >= 15 is 0 Å². The quantitative estimate of drug-likeness (QED) is 0.865. The molecule has 0 saturated carbocycles. The topological polar surface area (TPSA) is 65.0 Å². The minimum absolute atomic E-state index is 0.320. The molecule has 2 rings (SSSR count). The molecular weight excluding hydrogens is 272 g/mol. The number of esters is 1. The highest BCUT2D eigenvalue weighted by molar-refractivity contribution is 5.74.